The minimum atomic E-state index is -0.804. The van der Waals surface area contributed by atoms with Crippen LogP contribution in [0.4, 0.5) is 0 Å². The number of carboxylic acid groups (broad SMARTS) is 1. The molecule has 1 saturated carbocycles. The fraction of sp³-hybridized carbons (Fsp3) is 0.765. The molecule has 3 N–H and O–H groups in total. The summed E-state index contributed by atoms with van der Waals surface area (Å²) in [7, 11) is 0. The second kappa shape index (κ2) is 9.60. The van der Waals surface area contributed by atoms with Gasteiger partial charge in [-0.15, -0.1) is 0 Å². The molecule has 22 heavy (non-hydrogen) atoms. The maximum absolute atomic E-state index is 10.6. The number of carbonyl (C=O) groups is 1. The molecular formula is C17H27NO4. The monoisotopic (exact) mass is 309 g/mol. The summed E-state index contributed by atoms with van der Waals surface area (Å²) in [6.07, 6.45) is 7.02. The summed E-state index contributed by atoms with van der Waals surface area (Å²) in [6, 6.07) is 2.15. The Morgan fingerprint density at radius 1 is 1.41 bits per heavy atom. The van der Waals surface area contributed by atoms with Crippen LogP contribution in [0.2, 0.25) is 0 Å². The molecule has 5 nitrogen and oxygen atoms in total. The zero-order chi connectivity index (χ0) is 16.5. The molecule has 0 saturated heterocycles. The van der Waals surface area contributed by atoms with Gasteiger partial charge in [0.25, 0.3) is 0 Å². The van der Waals surface area contributed by atoms with Crippen LogP contribution in [-0.2, 0) is 4.79 Å². The van der Waals surface area contributed by atoms with Crippen LogP contribution in [0, 0.1) is 29.1 Å². The Labute approximate surface area is 132 Å². The minimum absolute atomic E-state index is 0.0554. The van der Waals surface area contributed by atoms with Crippen molar-refractivity contribution < 1.29 is 20.1 Å². The van der Waals surface area contributed by atoms with E-state index in [9.17, 15) is 15.0 Å². The first kappa shape index (κ1) is 18.7. The van der Waals surface area contributed by atoms with Crippen LogP contribution in [0.1, 0.15) is 51.9 Å². The molecule has 1 aliphatic rings. The lowest BCUT2D eigenvalue weighted by atomic mass is 9.89. The van der Waals surface area contributed by atoms with E-state index in [0.29, 0.717) is 25.7 Å². The molecule has 0 spiro atoms. The zero-order valence-corrected chi connectivity index (χ0v) is 13.2. The molecule has 0 amide bonds. The van der Waals surface area contributed by atoms with Gasteiger partial charge in [0.2, 0.25) is 0 Å². The van der Waals surface area contributed by atoms with E-state index < -0.39 is 12.1 Å². The molecule has 0 bridgehead atoms. The average molecular weight is 309 g/mol. The Bertz CT molecular complexity index is 415. The van der Waals surface area contributed by atoms with Crippen molar-refractivity contribution in [3.05, 3.63) is 12.2 Å². The molecular weight excluding hydrogens is 282 g/mol. The molecule has 0 radical (unpaired) electrons. The third-order valence-electron chi connectivity index (χ3n) is 4.46. The van der Waals surface area contributed by atoms with Gasteiger partial charge in [0.1, 0.15) is 0 Å². The van der Waals surface area contributed by atoms with Crippen molar-refractivity contribution >= 4 is 5.97 Å². The maximum atomic E-state index is 10.6. The van der Waals surface area contributed by atoms with Gasteiger partial charge in [-0.2, -0.15) is 5.26 Å². The van der Waals surface area contributed by atoms with Crippen molar-refractivity contribution in [2.24, 2.45) is 17.8 Å². The van der Waals surface area contributed by atoms with Gasteiger partial charge in [-0.3, -0.25) is 4.79 Å². The van der Waals surface area contributed by atoms with Crippen molar-refractivity contribution in [1.82, 2.24) is 0 Å². The number of allylic oxidation sites excluding steroid dienone is 1. The number of rotatable bonds is 9. The zero-order valence-electron chi connectivity index (χ0n) is 13.2. The van der Waals surface area contributed by atoms with E-state index in [2.05, 4.69) is 6.07 Å². The highest BCUT2D eigenvalue weighted by Gasteiger charge is 2.32. The molecule has 0 aromatic rings. The van der Waals surface area contributed by atoms with Gasteiger partial charge in [-0.1, -0.05) is 12.2 Å². The quantitative estimate of drug-likeness (QED) is 0.568. The van der Waals surface area contributed by atoms with Crippen LogP contribution in [0.5, 0.6) is 0 Å². The van der Waals surface area contributed by atoms with E-state index in [1.807, 2.05) is 13.0 Å². The highest BCUT2D eigenvalue weighted by atomic mass is 16.4. The highest BCUT2D eigenvalue weighted by molar-refractivity contribution is 5.66. The molecule has 5 unspecified atom stereocenters. The van der Waals surface area contributed by atoms with Gasteiger partial charge in [-0.05, 0) is 57.3 Å². The Balaban J connectivity index is 2.42. The number of nitriles is 1. The number of aliphatic hydroxyl groups excluding tert-OH is 2. The number of aliphatic carboxylic acids is 1. The lowest BCUT2D eigenvalue weighted by Crippen LogP contribution is -2.19. The molecule has 1 aliphatic carbocycles. The molecule has 0 aliphatic heterocycles. The summed E-state index contributed by atoms with van der Waals surface area (Å²) in [5, 5.41) is 37.3. The molecule has 124 valence electrons. The summed E-state index contributed by atoms with van der Waals surface area (Å²) in [5.74, 6) is -0.575. The first-order valence-electron chi connectivity index (χ1n) is 8.10. The average Bonchev–Trinajstić information content (AvgIpc) is 2.83. The second-order valence-corrected chi connectivity index (χ2v) is 6.32. The molecule has 0 aromatic heterocycles. The van der Waals surface area contributed by atoms with E-state index >= 15 is 0 Å². The minimum Gasteiger partial charge on any atom is -0.481 e. The predicted molar refractivity (Wildman–Crippen MR) is 82.9 cm³/mol. The number of aliphatic hydroxyl groups is 2. The summed E-state index contributed by atoms with van der Waals surface area (Å²) in [4.78, 5) is 10.6. The van der Waals surface area contributed by atoms with Crippen molar-refractivity contribution in [3.8, 4) is 6.07 Å². The van der Waals surface area contributed by atoms with Crippen LogP contribution < -0.4 is 0 Å². The largest absolute Gasteiger partial charge is 0.481 e. The highest BCUT2D eigenvalue weighted by Crippen LogP contribution is 2.36. The number of hydrogen-bond acceptors (Lipinski definition) is 4. The first-order chi connectivity index (χ1) is 10.4. The van der Waals surface area contributed by atoms with Gasteiger partial charge in [0.05, 0.1) is 18.3 Å². The predicted octanol–water partition coefficient (Wildman–Crippen LogP) is 2.49. The van der Waals surface area contributed by atoms with Crippen molar-refractivity contribution in [2.75, 3.05) is 0 Å². The van der Waals surface area contributed by atoms with Gasteiger partial charge < -0.3 is 15.3 Å². The van der Waals surface area contributed by atoms with E-state index in [1.54, 1.807) is 6.08 Å². The van der Waals surface area contributed by atoms with Gasteiger partial charge in [0, 0.05) is 12.3 Å². The van der Waals surface area contributed by atoms with E-state index in [0.717, 1.165) is 12.8 Å². The van der Waals surface area contributed by atoms with Crippen LogP contribution in [0.25, 0.3) is 0 Å². The molecule has 1 fully saturated rings. The molecule has 0 heterocycles. The maximum Gasteiger partial charge on any atom is 0.303 e. The van der Waals surface area contributed by atoms with Crippen molar-refractivity contribution in [3.63, 3.8) is 0 Å². The lowest BCUT2D eigenvalue weighted by Gasteiger charge is -2.19. The number of hydrogen-bond donors (Lipinski definition) is 3. The summed E-state index contributed by atoms with van der Waals surface area (Å²) in [5.41, 5.74) is 0. The topological polar surface area (TPSA) is 102 Å². The Morgan fingerprint density at radius 3 is 2.77 bits per heavy atom. The molecule has 5 atom stereocenters. The number of carboxylic acids is 1. The van der Waals surface area contributed by atoms with Crippen molar-refractivity contribution in [1.29, 1.82) is 5.26 Å². The summed E-state index contributed by atoms with van der Waals surface area (Å²) >= 11 is 0. The van der Waals surface area contributed by atoms with Crippen LogP contribution in [0.15, 0.2) is 12.2 Å². The second-order valence-electron chi connectivity index (χ2n) is 6.32. The molecule has 1 rings (SSSR count). The first-order valence-corrected chi connectivity index (χ1v) is 8.10. The van der Waals surface area contributed by atoms with E-state index in [1.165, 1.54) is 0 Å². The van der Waals surface area contributed by atoms with E-state index in [-0.39, 0.29) is 30.3 Å². The Hall–Kier alpha value is -1.38. The van der Waals surface area contributed by atoms with Gasteiger partial charge >= 0.3 is 5.97 Å². The normalized spacial score (nSPS) is 27.6. The Kier molecular flexibility index (Phi) is 8.15. The van der Waals surface area contributed by atoms with Gasteiger partial charge in [0.15, 0.2) is 0 Å². The Morgan fingerprint density at radius 2 is 2.14 bits per heavy atom. The molecule has 0 aromatic carbocycles. The third kappa shape index (κ3) is 6.59. The van der Waals surface area contributed by atoms with Gasteiger partial charge in [-0.25, -0.2) is 0 Å². The summed E-state index contributed by atoms with van der Waals surface area (Å²) in [6.45, 7) is 1.84. The van der Waals surface area contributed by atoms with Crippen LogP contribution in [-0.4, -0.2) is 33.5 Å². The lowest BCUT2D eigenvalue weighted by molar-refractivity contribution is -0.137. The molecule has 5 heteroatoms. The SMILES string of the molecule is CC(C#N)CCC(O)C=CC1CCC(O)C1CCCC(=O)O. The summed E-state index contributed by atoms with van der Waals surface area (Å²) < 4.78 is 0. The van der Waals surface area contributed by atoms with Crippen LogP contribution >= 0.6 is 0 Å². The smallest absolute Gasteiger partial charge is 0.303 e. The van der Waals surface area contributed by atoms with E-state index in [4.69, 9.17) is 10.4 Å². The van der Waals surface area contributed by atoms with Crippen LogP contribution in [0.3, 0.4) is 0 Å². The van der Waals surface area contributed by atoms with Crippen molar-refractivity contribution in [2.45, 2.75) is 64.1 Å². The number of nitrogens with zero attached hydrogens (tertiary/aromatic N) is 1. The third-order valence-corrected chi connectivity index (χ3v) is 4.46. The fourth-order valence-electron chi connectivity index (χ4n) is 3.06. The fourth-order valence-corrected chi connectivity index (χ4v) is 3.06. The standard InChI is InChI=1S/C17H27NO4/c1-12(11-18)5-8-14(19)9-6-13-7-10-16(20)15(13)3-2-4-17(21)22/h6,9,12-16,19-20H,2-5,7-8,10H2,1H3,(H,21,22).